The topological polar surface area (TPSA) is 77.0 Å². The monoisotopic (exact) mass is 319 g/mol. The molecule has 6 heteroatoms. The van der Waals surface area contributed by atoms with Crippen LogP contribution in [0.2, 0.25) is 0 Å². The van der Waals surface area contributed by atoms with Gasteiger partial charge in [0.05, 0.1) is 11.7 Å². The summed E-state index contributed by atoms with van der Waals surface area (Å²) in [5.74, 6) is 1.60. The van der Waals surface area contributed by atoms with Crippen LogP contribution in [0.1, 0.15) is 57.6 Å². The third-order valence-corrected chi connectivity index (χ3v) is 5.47. The van der Waals surface area contributed by atoms with Gasteiger partial charge in [0.25, 0.3) is 0 Å². The Hall–Kier alpha value is -1.43. The van der Waals surface area contributed by atoms with Gasteiger partial charge in [-0.05, 0) is 37.5 Å². The van der Waals surface area contributed by atoms with E-state index in [1.54, 1.807) is 0 Å². The standard InChI is InChI=1S/C17H29N5O/c1-3-12(2)16(18)17(23)21-8-6-13(7-9-21)10-22-11-15(19-20-22)14-4-5-14/h11-14,16H,3-10,18H2,1-2H3. The summed E-state index contributed by atoms with van der Waals surface area (Å²) in [4.78, 5) is 14.4. The van der Waals surface area contributed by atoms with Gasteiger partial charge in [-0.1, -0.05) is 25.5 Å². The van der Waals surface area contributed by atoms with Crippen LogP contribution < -0.4 is 5.73 Å². The fourth-order valence-electron chi connectivity index (χ4n) is 3.28. The molecule has 6 nitrogen and oxygen atoms in total. The summed E-state index contributed by atoms with van der Waals surface area (Å²) in [6, 6.07) is -0.354. The quantitative estimate of drug-likeness (QED) is 0.867. The Labute approximate surface area is 138 Å². The van der Waals surface area contributed by atoms with Crippen molar-refractivity contribution in [2.45, 2.75) is 64.5 Å². The van der Waals surface area contributed by atoms with Crippen molar-refractivity contribution >= 4 is 5.91 Å². The summed E-state index contributed by atoms with van der Waals surface area (Å²) in [6.45, 7) is 6.68. The van der Waals surface area contributed by atoms with E-state index < -0.39 is 0 Å². The smallest absolute Gasteiger partial charge is 0.239 e. The molecule has 2 fully saturated rings. The van der Waals surface area contributed by atoms with Gasteiger partial charge >= 0.3 is 0 Å². The maximum Gasteiger partial charge on any atom is 0.239 e. The molecule has 1 aliphatic heterocycles. The average molecular weight is 319 g/mol. The summed E-state index contributed by atoms with van der Waals surface area (Å²) < 4.78 is 1.99. The number of nitrogens with zero attached hydrogens (tertiary/aromatic N) is 4. The first-order chi connectivity index (χ1) is 11.1. The molecule has 0 bridgehead atoms. The molecule has 1 aromatic rings. The maximum atomic E-state index is 12.4. The largest absolute Gasteiger partial charge is 0.341 e. The van der Waals surface area contributed by atoms with Crippen molar-refractivity contribution in [1.29, 1.82) is 0 Å². The van der Waals surface area contributed by atoms with Gasteiger partial charge in [0.2, 0.25) is 5.91 Å². The second-order valence-electron chi connectivity index (χ2n) is 7.32. The van der Waals surface area contributed by atoms with E-state index in [1.807, 2.05) is 9.58 Å². The lowest BCUT2D eigenvalue weighted by Gasteiger charge is -2.34. The van der Waals surface area contributed by atoms with Gasteiger partial charge in [0.15, 0.2) is 0 Å². The zero-order valence-electron chi connectivity index (χ0n) is 14.3. The van der Waals surface area contributed by atoms with E-state index in [4.69, 9.17) is 5.73 Å². The first kappa shape index (κ1) is 16.4. The molecule has 2 heterocycles. The highest BCUT2D eigenvalue weighted by Gasteiger charge is 2.30. The lowest BCUT2D eigenvalue weighted by Crippen LogP contribution is -2.49. The van der Waals surface area contributed by atoms with E-state index in [9.17, 15) is 4.79 Å². The molecule has 3 rings (SSSR count). The Morgan fingerprint density at radius 2 is 2.04 bits per heavy atom. The van der Waals surface area contributed by atoms with Crippen LogP contribution in [-0.4, -0.2) is 44.9 Å². The third kappa shape index (κ3) is 3.91. The number of rotatable bonds is 6. The fraction of sp³-hybridized carbons (Fsp3) is 0.824. The predicted molar refractivity (Wildman–Crippen MR) is 88.7 cm³/mol. The van der Waals surface area contributed by atoms with Gasteiger partial charge in [0, 0.05) is 31.7 Å². The molecule has 1 amide bonds. The Bertz CT molecular complexity index is 531. The fourth-order valence-corrected chi connectivity index (χ4v) is 3.28. The van der Waals surface area contributed by atoms with E-state index >= 15 is 0 Å². The van der Waals surface area contributed by atoms with Gasteiger partial charge < -0.3 is 10.6 Å². The second kappa shape index (κ2) is 6.99. The van der Waals surface area contributed by atoms with E-state index in [2.05, 4.69) is 30.4 Å². The third-order valence-electron chi connectivity index (χ3n) is 5.47. The van der Waals surface area contributed by atoms with Crippen LogP contribution in [0.15, 0.2) is 6.20 Å². The van der Waals surface area contributed by atoms with Crippen molar-refractivity contribution < 1.29 is 4.79 Å². The van der Waals surface area contributed by atoms with Crippen LogP contribution in [-0.2, 0) is 11.3 Å². The zero-order chi connectivity index (χ0) is 16.4. The SMILES string of the molecule is CCC(C)C(N)C(=O)N1CCC(Cn2cc(C3CC3)nn2)CC1. The van der Waals surface area contributed by atoms with Crippen molar-refractivity contribution in [3.8, 4) is 0 Å². The number of piperidine rings is 1. The Morgan fingerprint density at radius 1 is 1.35 bits per heavy atom. The van der Waals surface area contributed by atoms with Gasteiger partial charge in [-0.3, -0.25) is 9.48 Å². The summed E-state index contributed by atoms with van der Waals surface area (Å²) in [7, 11) is 0. The van der Waals surface area contributed by atoms with Crippen molar-refractivity contribution in [2.24, 2.45) is 17.6 Å². The molecule has 0 spiro atoms. The van der Waals surface area contributed by atoms with Crippen LogP contribution in [0.4, 0.5) is 0 Å². The van der Waals surface area contributed by atoms with Crippen molar-refractivity contribution in [1.82, 2.24) is 19.9 Å². The van der Waals surface area contributed by atoms with Crippen LogP contribution in [0.3, 0.4) is 0 Å². The van der Waals surface area contributed by atoms with Crippen molar-refractivity contribution in [3.63, 3.8) is 0 Å². The summed E-state index contributed by atoms with van der Waals surface area (Å²) in [5, 5.41) is 8.53. The Balaban J connectivity index is 1.46. The zero-order valence-corrected chi connectivity index (χ0v) is 14.3. The van der Waals surface area contributed by atoms with Gasteiger partial charge in [-0.15, -0.1) is 5.10 Å². The van der Waals surface area contributed by atoms with E-state index in [1.165, 1.54) is 12.8 Å². The predicted octanol–water partition coefficient (Wildman–Crippen LogP) is 1.77. The molecule has 0 aromatic carbocycles. The van der Waals surface area contributed by atoms with Crippen LogP contribution >= 0.6 is 0 Å². The van der Waals surface area contributed by atoms with Gasteiger partial charge in [-0.25, -0.2) is 0 Å². The molecule has 0 radical (unpaired) electrons. The normalized spacial score (nSPS) is 22.1. The molecule has 1 saturated heterocycles. The molecule has 2 atom stereocenters. The van der Waals surface area contributed by atoms with E-state index in [0.717, 1.165) is 44.6 Å². The highest BCUT2D eigenvalue weighted by atomic mass is 16.2. The molecule has 2 unspecified atom stereocenters. The molecule has 1 aliphatic carbocycles. The van der Waals surface area contributed by atoms with Crippen molar-refractivity contribution in [3.05, 3.63) is 11.9 Å². The minimum Gasteiger partial charge on any atom is -0.341 e. The minimum absolute atomic E-state index is 0.120. The lowest BCUT2D eigenvalue weighted by molar-refractivity contribution is -0.135. The summed E-state index contributed by atoms with van der Waals surface area (Å²) >= 11 is 0. The molecule has 128 valence electrons. The van der Waals surface area contributed by atoms with Crippen LogP contribution in [0.5, 0.6) is 0 Å². The number of carbonyl (C=O) groups excluding carboxylic acids is 1. The number of hydrogen-bond acceptors (Lipinski definition) is 4. The first-order valence-corrected chi connectivity index (χ1v) is 9.02. The Kier molecular flexibility index (Phi) is 4.99. The van der Waals surface area contributed by atoms with Crippen LogP contribution in [0.25, 0.3) is 0 Å². The molecule has 23 heavy (non-hydrogen) atoms. The van der Waals surface area contributed by atoms with Gasteiger partial charge in [-0.2, -0.15) is 0 Å². The summed E-state index contributed by atoms with van der Waals surface area (Å²) in [5.41, 5.74) is 7.23. The van der Waals surface area contributed by atoms with E-state index in [0.29, 0.717) is 11.8 Å². The maximum absolute atomic E-state index is 12.4. The number of likely N-dealkylation sites (tertiary alicyclic amines) is 1. The van der Waals surface area contributed by atoms with Crippen molar-refractivity contribution in [2.75, 3.05) is 13.1 Å². The Morgan fingerprint density at radius 3 is 2.65 bits per heavy atom. The lowest BCUT2D eigenvalue weighted by atomic mass is 9.94. The molecule has 2 N–H and O–H groups in total. The number of aromatic nitrogens is 3. The molecule has 2 aliphatic rings. The number of amides is 1. The van der Waals surface area contributed by atoms with Gasteiger partial charge in [0.1, 0.15) is 0 Å². The molecular weight excluding hydrogens is 290 g/mol. The number of hydrogen-bond donors (Lipinski definition) is 1. The molecular formula is C17H29N5O. The second-order valence-corrected chi connectivity index (χ2v) is 7.32. The molecule has 1 aromatic heterocycles. The average Bonchev–Trinajstić information content (AvgIpc) is 3.33. The number of carbonyl (C=O) groups is 1. The van der Waals surface area contributed by atoms with Crippen LogP contribution in [0, 0.1) is 11.8 Å². The summed E-state index contributed by atoms with van der Waals surface area (Å²) in [6.07, 6.45) is 7.62. The highest BCUT2D eigenvalue weighted by molar-refractivity contribution is 5.82. The first-order valence-electron chi connectivity index (χ1n) is 9.02. The molecule has 1 saturated carbocycles. The minimum atomic E-state index is -0.354. The highest BCUT2D eigenvalue weighted by Crippen LogP contribution is 2.38. The van der Waals surface area contributed by atoms with E-state index in [-0.39, 0.29) is 17.9 Å². The number of nitrogens with two attached hydrogens (primary N) is 1.